The monoisotopic (exact) mass is 423 g/mol. The first kappa shape index (κ1) is 20.9. The van der Waals surface area contributed by atoms with Gasteiger partial charge < -0.3 is 14.5 Å². The van der Waals surface area contributed by atoms with E-state index in [1.807, 2.05) is 26.8 Å². The molecule has 2 saturated heterocycles. The summed E-state index contributed by atoms with van der Waals surface area (Å²) in [7, 11) is 0. The van der Waals surface area contributed by atoms with Gasteiger partial charge in [-0.1, -0.05) is 17.9 Å². The van der Waals surface area contributed by atoms with Crippen LogP contribution in [0.2, 0.25) is 0 Å². The Morgan fingerprint density at radius 2 is 1.94 bits per heavy atom. The Morgan fingerprint density at radius 3 is 2.61 bits per heavy atom. The second kappa shape index (κ2) is 7.73. The van der Waals surface area contributed by atoms with Gasteiger partial charge >= 0.3 is 6.09 Å². The molecule has 162 valence electrons. The van der Waals surface area contributed by atoms with Gasteiger partial charge in [0.15, 0.2) is 0 Å². The van der Waals surface area contributed by atoms with E-state index in [-0.39, 0.29) is 30.2 Å². The van der Waals surface area contributed by atoms with Gasteiger partial charge in [0.25, 0.3) is 5.91 Å². The predicted molar refractivity (Wildman–Crippen MR) is 111 cm³/mol. The molecule has 31 heavy (non-hydrogen) atoms. The highest BCUT2D eigenvalue weighted by Crippen LogP contribution is 2.29. The largest absolute Gasteiger partial charge is 0.444 e. The first-order chi connectivity index (χ1) is 14.6. The van der Waals surface area contributed by atoms with Crippen LogP contribution >= 0.6 is 0 Å². The summed E-state index contributed by atoms with van der Waals surface area (Å²) in [6, 6.07) is 4.73. The van der Waals surface area contributed by atoms with E-state index in [2.05, 4.69) is 17.2 Å². The van der Waals surface area contributed by atoms with E-state index in [0.717, 1.165) is 11.1 Å². The van der Waals surface area contributed by atoms with Crippen molar-refractivity contribution in [3.63, 3.8) is 0 Å². The number of amides is 4. The second-order valence-corrected chi connectivity index (χ2v) is 9.08. The van der Waals surface area contributed by atoms with Gasteiger partial charge in [-0.15, -0.1) is 0 Å². The molecule has 0 spiro atoms. The van der Waals surface area contributed by atoms with Crippen LogP contribution in [-0.2, 0) is 20.9 Å². The normalized spacial score (nSPS) is 21.1. The number of piperidine rings is 1. The van der Waals surface area contributed by atoms with Crippen LogP contribution in [0.4, 0.5) is 4.79 Å². The molecule has 3 heterocycles. The van der Waals surface area contributed by atoms with Crippen molar-refractivity contribution >= 4 is 23.8 Å². The lowest BCUT2D eigenvalue weighted by molar-refractivity contribution is -0.136. The summed E-state index contributed by atoms with van der Waals surface area (Å²) >= 11 is 0. The van der Waals surface area contributed by atoms with Crippen molar-refractivity contribution in [3.8, 4) is 11.8 Å². The minimum Gasteiger partial charge on any atom is -0.444 e. The van der Waals surface area contributed by atoms with E-state index in [4.69, 9.17) is 4.74 Å². The molecule has 1 aromatic rings. The molecule has 3 aliphatic heterocycles. The van der Waals surface area contributed by atoms with E-state index >= 15 is 0 Å². The van der Waals surface area contributed by atoms with E-state index < -0.39 is 17.6 Å². The molecule has 0 radical (unpaired) electrons. The Balaban J connectivity index is 1.43. The number of carbonyl (C=O) groups is 4. The SMILES string of the molecule is CC(C)(C)OC(=O)N1CC(C#Cc2cccc3c2CN(C2CCC(=O)NC2=O)C3=O)C1. The first-order valence-corrected chi connectivity index (χ1v) is 10.4. The number of rotatable bonds is 1. The molecule has 1 atom stereocenters. The van der Waals surface area contributed by atoms with Gasteiger partial charge in [0.1, 0.15) is 11.6 Å². The quantitative estimate of drug-likeness (QED) is 0.548. The topological polar surface area (TPSA) is 96.0 Å². The lowest BCUT2D eigenvalue weighted by Crippen LogP contribution is -2.52. The number of hydrogen-bond donors (Lipinski definition) is 1. The van der Waals surface area contributed by atoms with Crippen molar-refractivity contribution in [2.45, 2.75) is 51.8 Å². The van der Waals surface area contributed by atoms with Crippen molar-refractivity contribution in [2.24, 2.45) is 5.92 Å². The van der Waals surface area contributed by atoms with Crippen molar-refractivity contribution in [1.29, 1.82) is 0 Å². The average molecular weight is 423 g/mol. The van der Waals surface area contributed by atoms with Gasteiger partial charge in [-0.05, 0) is 44.9 Å². The van der Waals surface area contributed by atoms with E-state index in [9.17, 15) is 19.2 Å². The summed E-state index contributed by atoms with van der Waals surface area (Å²) in [5.41, 5.74) is 1.56. The number of imide groups is 1. The highest BCUT2D eigenvalue weighted by molar-refractivity contribution is 6.05. The van der Waals surface area contributed by atoms with Crippen molar-refractivity contribution in [2.75, 3.05) is 13.1 Å². The summed E-state index contributed by atoms with van der Waals surface area (Å²) in [5.74, 6) is 5.43. The van der Waals surface area contributed by atoms with Crippen LogP contribution in [-0.4, -0.2) is 58.3 Å². The van der Waals surface area contributed by atoms with Crippen LogP contribution in [0.1, 0.15) is 55.1 Å². The minimum atomic E-state index is -0.646. The zero-order valence-electron chi connectivity index (χ0n) is 17.9. The van der Waals surface area contributed by atoms with Crippen LogP contribution in [0.25, 0.3) is 0 Å². The number of benzene rings is 1. The third-order valence-corrected chi connectivity index (χ3v) is 5.53. The highest BCUT2D eigenvalue weighted by Gasteiger charge is 2.39. The van der Waals surface area contributed by atoms with Crippen molar-refractivity contribution < 1.29 is 23.9 Å². The van der Waals surface area contributed by atoms with Crippen molar-refractivity contribution in [3.05, 3.63) is 34.9 Å². The molecular weight excluding hydrogens is 398 g/mol. The molecule has 4 rings (SSSR count). The lowest BCUT2D eigenvalue weighted by atomic mass is 9.99. The Hall–Kier alpha value is -3.34. The molecule has 1 aromatic carbocycles. The molecule has 1 unspecified atom stereocenters. The number of carbonyl (C=O) groups excluding carboxylic acids is 4. The van der Waals surface area contributed by atoms with Crippen LogP contribution in [0.15, 0.2) is 18.2 Å². The zero-order chi connectivity index (χ0) is 22.3. The molecule has 8 nitrogen and oxygen atoms in total. The molecule has 2 fully saturated rings. The second-order valence-electron chi connectivity index (χ2n) is 9.08. The summed E-state index contributed by atoms with van der Waals surface area (Å²) < 4.78 is 5.35. The Labute approximate surface area is 180 Å². The third kappa shape index (κ3) is 4.26. The number of ether oxygens (including phenoxy) is 1. The lowest BCUT2D eigenvalue weighted by Gasteiger charge is -2.37. The molecule has 0 aromatic heterocycles. The van der Waals surface area contributed by atoms with Gasteiger partial charge in [-0.2, -0.15) is 0 Å². The fraction of sp³-hybridized carbons (Fsp3) is 0.478. The molecular formula is C23H25N3O5. The van der Waals surface area contributed by atoms with Gasteiger partial charge in [0, 0.05) is 37.2 Å². The summed E-state index contributed by atoms with van der Waals surface area (Å²) in [5, 5.41) is 2.31. The fourth-order valence-electron chi connectivity index (χ4n) is 3.93. The van der Waals surface area contributed by atoms with Gasteiger partial charge in [0.2, 0.25) is 11.8 Å². The third-order valence-electron chi connectivity index (χ3n) is 5.53. The smallest absolute Gasteiger partial charge is 0.410 e. The number of nitrogens with one attached hydrogen (secondary N) is 1. The maximum atomic E-state index is 12.9. The molecule has 3 aliphatic rings. The molecule has 4 amide bonds. The minimum absolute atomic E-state index is 0.0479. The molecule has 8 heteroatoms. The maximum Gasteiger partial charge on any atom is 0.410 e. The number of fused-ring (bicyclic) bond motifs is 1. The highest BCUT2D eigenvalue weighted by atomic mass is 16.6. The van der Waals surface area contributed by atoms with Gasteiger partial charge in [-0.3, -0.25) is 19.7 Å². The number of nitrogens with zero attached hydrogens (tertiary/aromatic N) is 2. The summed E-state index contributed by atoms with van der Waals surface area (Å²) in [6.45, 7) is 6.81. The summed E-state index contributed by atoms with van der Waals surface area (Å²) in [6.07, 6.45) is 0.212. The fourth-order valence-corrected chi connectivity index (χ4v) is 3.93. The Kier molecular flexibility index (Phi) is 5.21. The molecule has 0 aliphatic carbocycles. The van der Waals surface area contributed by atoms with Gasteiger partial charge in [0.05, 0.1) is 5.92 Å². The van der Waals surface area contributed by atoms with Crippen molar-refractivity contribution in [1.82, 2.24) is 15.1 Å². The van der Waals surface area contributed by atoms with Crippen LogP contribution in [0.3, 0.4) is 0 Å². The first-order valence-electron chi connectivity index (χ1n) is 10.4. The number of likely N-dealkylation sites (tertiary alicyclic amines) is 1. The summed E-state index contributed by atoms with van der Waals surface area (Å²) in [4.78, 5) is 51.7. The van der Waals surface area contributed by atoms with E-state index in [1.54, 1.807) is 17.0 Å². The Bertz CT molecular complexity index is 1020. The maximum absolute atomic E-state index is 12.9. The van der Waals surface area contributed by atoms with E-state index in [1.165, 1.54) is 4.90 Å². The van der Waals surface area contributed by atoms with E-state index in [0.29, 0.717) is 31.6 Å². The standard InChI is InChI=1S/C23H25N3O5/c1-23(2,3)31-22(30)25-11-14(12-25)7-8-15-5-4-6-16-17(15)13-26(21(16)29)18-9-10-19(27)24-20(18)28/h4-6,14,18H,9-13H2,1-3H3,(H,24,27,28). The molecule has 0 saturated carbocycles. The van der Waals surface area contributed by atoms with Crippen LogP contribution in [0.5, 0.6) is 0 Å². The predicted octanol–water partition coefficient (Wildman–Crippen LogP) is 1.67. The average Bonchev–Trinajstić information content (AvgIpc) is 2.96. The Morgan fingerprint density at radius 1 is 1.19 bits per heavy atom. The van der Waals surface area contributed by atoms with Gasteiger partial charge in [-0.25, -0.2) is 4.79 Å². The molecule has 1 N–H and O–H groups in total. The van der Waals surface area contributed by atoms with Crippen LogP contribution in [0, 0.1) is 17.8 Å². The number of hydrogen-bond acceptors (Lipinski definition) is 5. The molecule has 0 bridgehead atoms. The zero-order valence-corrected chi connectivity index (χ0v) is 17.9. The van der Waals surface area contributed by atoms with Crippen LogP contribution < -0.4 is 5.32 Å².